The Morgan fingerprint density at radius 1 is 1.21 bits per heavy atom. The Labute approximate surface area is 143 Å². The van der Waals surface area contributed by atoms with E-state index in [-0.39, 0.29) is 23.8 Å². The van der Waals surface area contributed by atoms with Crippen molar-refractivity contribution in [3.63, 3.8) is 0 Å². The van der Waals surface area contributed by atoms with Gasteiger partial charge in [0.2, 0.25) is 5.91 Å². The summed E-state index contributed by atoms with van der Waals surface area (Å²) < 4.78 is 0. The summed E-state index contributed by atoms with van der Waals surface area (Å²) in [4.78, 5) is 26.6. The molecule has 130 valence electrons. The molecule has 0 unspecified atom stereocenters. The van der Waals surface area contributed by atoms with Crippen molar-refractivity contribution in [2.75, 3.05) is 19.6 Å². The molecule has 0 radical (unpaired) electrons. The number of carbonyl (C=O) groups excluding carboxylic acids is 2. The minimum Gasteiger partial charge on any atom is -0.352 e. The molecular formula is C19H27N3O2. The van der Waals surface area contributed by atoms with Crippen LogP contribution in [0.2, 0.25) is 0 Å². The van der Waals surface area contributed by atoms with Crippen molar-refractivity contribution in [1.29, 1.82) is 0 Å². The number of rotatable bonds is 4. The van der Waals surface area contributed by atoms with Crippen LogP contribution in [0.15, 0.2) is 24.3 Å². The van der Waals surface area contributed by atoms with Crippen LogP contribution >= 0.6 is 0 Å². The third kappa shape index (κ3) is 3.96. The number of amides is 2. The van der Waals surface area contributed by atoms with E-state index in [2.05, 4.69) is 17.6 Å². The summed E-state index contributed by atoms with van der Waals surface area (Å²) in [7, 11) is 0. The van der Waals surface area contributed by atoms with E-state index in [0.29, 0.717) is 6.54 Å². The molecule has 5 nitrogen and oxygen atoms in total. The zero-order valence-electron chi connectivity index (χ0n) is 14.4. The van der Waals surface area contributed by atoms with Gasteiger partial charge in [-0.2, -0.15) is 0 Å². The van der Waals surface area contributed by atoms with Gasteiger partial charge in [-0.15, -0.1) is 0 Å². The van der Waals surface area contributed by atoms with Crippen molar-refractivity contribution in [2.45, 2.75) is 45.2 Å². The molecule has 1 saturated carbocycles. The molecule has 0 aromatic heterocycles. The van der Waals surface area contributed by atoms with E-state index in [1.165, 1.54) is 12.8 Å². The lowest BCUT2D eigenvalue weighted by Crippen LogP contribution is -2.52. The maximum atomic E-state index is 12.6. The third-order valence-electron chi connectivity index (χ3n) is 5.16. The number of nitrogens with one attached hydrogen (secondary N) is 2. The Bertz CT molecular complexity index is 579. The highest BCUT2D eigenvalue weighted by Gasteiger charge is 2.24. The van der Waals surface area contributed by atoms with Crippen molar-refractivity contribution in [3.8, 4) is 0 Å². The second kappa shape index (κ2) is 7.79. The molecule has 0 bridgehead atoms. The van der Waals surface area contributed by atoms with E-state index in [0.717, 1.165) is 43.6 Å². The Morgan fingerprint density at radius 2 is 1.92 bits per heavy atom. The van der Waals surface area contributed by atoms with E-state index in [1.807, 2.05) is 29.2 Å². The number of nitrogens with zero attached hydrogens (tertiary/aromatic N) is 1. The predicted octanol–water partition coefficient (Wildman–Crippen LogP) is 1.93. The molecule has 1 aliphatic carbocycles. The van der Waals surface area contributed by atoms with Crippen LogP contribution in [0.5, 0.6) is 0 Å². The van der Waals surface area contributed by atoms with E-state index >= 15 is 0 Å². The van der Waals surface area contributed by atoms with Crippen molar-refractivity contribution in [3.05, 3.63) is 35.4 Å². The molecular weight excluding hydrogens is 302 g/mol. The van der Waals surface area contributed by atoms with Crippen LogP contribution in [0, 0.1) is 5.92 Å². The summed E-state index contributed by atoms with van der Waals surface area (Å²) in [5.41, 5.74) is 1.75. The standard InChI is InChI=1S/C19H27N3O2/c1-14-12-20-10-11-22(14)19(24)17-8-6-15(7-9-17)13-21-18(23)16-4-2-3-5-16/h6-9,14,16,20H,2-5,10-13H2,1H3,(H,21,23)/t14-/m1/s1. The van der Waals surface area contributed by atoms with Crippen LogP contribution in [-0.2, 0) is 11.3 Å². The quantitative estimate of drug-likeness (QED) is 0.887. The molecule has 2 N–H and O–H groups in total. The zero-order chi connectivity index (χ0) is 16.9. The van der Waals surface area contributed by atoms with Gasteiger partial charge < -0.3 is 15.5 Å². The largest absolute Gasteiger partial charge is 0.352 e. The first-order chi connectivity index (χ1) is 11.6. The fourth-order valence-corrected chi connectivity index (χ4v) is 3.60. The molecule has 2 fully saturated rings. The predicted molar refractivity (Wildman–Crippen MR) is 93.6 cm³/mol. The SMILES string of the molecule is C[C@@H]1CNCCN1C(=O)c1ccc(CNC(=O)C2CCCC2)cc1. The summed E-state index contributed by atoms with van der Waals surface area (Å²) in [5, 5.41) is 6.31. The third-order valence-corrected chi connectivity index (χ3v) is 5.16. The van der Waals surface area contributed by atoms with Gasteiger partial charge in [0.25, 0.3) is 5.91 Å². The van der Waals surface area contributed by atoms with Gasteiger partial charge >= 0.3 is 0 Å². The lowest BCUT2D eigenvalue weighted by Gasteiger charge is -2.34. The van der Waals surface area contributed by atoms with Crippen molar-refractivity contribution in [1.82, 2.24) is 15.5 Å². The molecule has 1 aromatic rings. The minimum atomic E-state index is 0.0885. The smallest absolute Gasteiger partial charge is 0.254 e. The minimum absolute atomic E-state index is 0.0885. The molecule has 1 atom stereocenters. The number of carbonyl (C=O) groups is 2. The van der Waals surface area contributed by atoms with Crippen molar-refractivity contribution in [2.24, 2.45) is 5.92 Å². The zero-order valence-corrected chi connectivity index (χ0v) is 14.4. The summed E-state index contributed by atoms with van der Waals surface area (Å²) in [6.45, 7) is 5.04. The van der Waals surface area contributed by atoms with Gasteiger partial charge in [0, 0.05) is 43.7 Å². The lowest BCUT2D eigenvalue weighted by atomic mass is 10.1. The van der Waals surface area contributed by atoms with Crippen LogP contribution in [0.25, 0.3) is 0 Å². The fourth-order valence-electron chi connectivity index (χ4n) is 3.60. The maximum Gasteiger partial charge on any atom is 0.254 e. The molecule has 1 aromatic carbocycles. The first-order valence-electron chi connectivity index (χ1n) is 9.03. The fraction of sp³-hybridized carbons (Fsp3) is 0.579. The Morgan fingerprint density at radius 3 is 2.58 bits per heavy atom. The number of hydrogen-bond acceptors (Lipinski definition) is 3. The van der Waals surface area contributed by atoms with Crippen LogP contribution in [-0.4, -0.2) is 42.4 Å². The Hall–Kier alpha value is -1.88. The van der Waals surface area contributed by atoms with Gasteiger partial charge in [0.05, 0.1) is 0 Å². The van der Waals surface area contributed by atoms with Crippen LogP contribution in [0.3, 0.4) is 0 Å². The van der Waals surface area contributed by atoms with E-state index in [9.17, 15) is 9.59 Å². The van der Waals surface area contributed by atoms with Crippen molar-refractivity contribution >= 4 is 11.8 Å². The van der Waals surface area contributed by atoms with Crippen LogP contribution < -0.4 is 10.6 Å². The maximum absolute atomic E-state index is 12.6. The summed E-state index contributed by atoms with van der Waals surface area (Å²) in [5.74, 6) is 0.452. The van der Waals surface area contributed by atoms with Crippen molar-refractivity contribution < 1.29 is 9.59 Å². The monoisotopic (exact) mass is 329 g/mol. The molecule has 1 heterocycles. The summed E-state index contributed by atoms with van der Waals surface area (Å²) in [6, 6.07) is 7.84. The molecule has 24 heavy (non-hydrogen) atoms. The lowest BCUT2D eigenvalue weighted by molar-refractivity contribution is -0.124. The van der Waals surface area contributed by atoms with E-state index in [4.69, 9.17) is 0 Å². The van der Waals surface area contributed by atoms with Gasteiger partial charge in [0.1, 0.15) is 0 Å². The molecule has 3 rings (SSSR count). The Balaban J connectivity index is 1.54. The highest BCUT2D eigenvalue weighted by molar-refractivity contribution is 5.94. The van der Waals surface area contributed by atoms with E-state index in [1.54, 1.807) is 0 Å². The topological polar surface area (TPSA) is 61.4 Å². The molecule has 5 heteroatoms. The van der Waals surface area contributed by atoms with Gasteiger partial charge in [-0.1, -0.05) is 25.0 Å². The van der Waals surface area contributed by atoms with Crippen LogP contribution in [0.1, 0.15) is 48.5 Å². The Kier molecular flexibility index (Phi) is 5.51. The van der Waals surface area contributed by atoms with E-state index < -0.39 is 0 Å². The summed E-state index contributed by atoms with van der Waals surface area (Å²) in [6.07, 6.45) is 4.36. The van der Waals surface area contributed by atoms with Gasteiger partial charge in [0.15, 0.2) is 0 Å². The number of piperazine rings is 1. The normalized spacial score (nSPS) is 21.7. The van der Waals surface area contributed by atoms with Gasteiger partial charge in [-0.3, -0.25) is 9.59 Å². The van der Waals surface area contributed by atoms with Crippen LogP contribution in [0.4, 0.5) is 0 Å². The highest BCUT2D eigenvalue weighted by Crippen LogP contribution is 2.24. The second-order valence-electron chi connectivity index (χ2n) is 6.95. The average Bonchev–Trinajstić information content (AvgIpc) is 3.15. The molecule has 0 spiro atoms. The molecule has 1 aliphatic heterocycles. The first kappa shape index (κ1) is 17.0. The van der Waals surface area contributed by atoms with Gasteiger partial charge in [-0.05, 0) is 37.5 Å². The molecule has 1 saturated heterocycles. The number of hydrogen-bond donors (Lipinski definition) is 2. The number of benzene rings is 1. The summed E-state index contributed by atoms with van der Waals surface area (Å²) >= 11 is 0. The molecule has 2 aliphatic rings. The van der Waals surface area contributed by atoms with Gasteiger partial charge in [-0.25, -0.2) is 0 Å². The average molecular weight is 329 g/mol. The molecule has 2 amide bonds. The highest BCUT2D eigenvalue weighted by atomic mass is 16.2. The first-order valence-corrected chi connectivity index (χ1v) is 9.03. The second-order valence-corrected chi connectivity index (χ2v) is 6.95.